The number of ether oxygens (including phenoxy) is 2. The lowest BCUT2D eigenvalue weighted by Crippen LogP contribution is -2.57. The van der Waals surface area contributed by atoms with E-state index in [0.29, 0.717) is 47.3 Å². The molecule has 1 fully saturated rings. The van der Waals surface area contributed by atoms with Crippen molar-refractivity contribution in [2.75, 3.05) is 0 Å². The second-order valence-corrected chi connectivity index (χ2v) is 16.8. The van der Waals surface area contributed by atoms with E-state index in [9.17, 15) is 0 Å². The highest BCUT2D eigenvalue weighted by molar-refractivity contribution is 5.64. The highest BCUT2D eigenvalue weighted by atomic mass is 16.5. The maximum Gasteiger partial charge on any atom is 0.127 e. The van der Waals surface area contributed by atoms with Crippen molar-refractivity contribution in [3.8, 4) is 11.5 Å². The zero-order valence-electron chi connectivity index (χ0n) is 28.7. The van der Waals surface area contributed by atoms with Gasteiger partial charge in [-0.3, -0.25) is 0 Å². The van der Waals surface area contributed by atoms with Gasteiger partial charge in [0.2, 0.25) is 0 Å². The molecule has 8 unspecified atom stereocenters. The number of hydrogen-bond acceptors (Lipinski definition) is 2. The van der Waals surface area contributed by atoms with Gasteiger partial charge < -0.3 is 9.47 Å². The Morgan fingerprint density at radius 2 is 1.58 bits per heavy atom. The van der Waals surface area contributed by atoms with Crippen molar-refractivity contribution in [3.63, 3.8) is 0 Å². The van der Waals surface area contributed by atoms with Crippen LogP contribution in [0.1, 0.15) is 92.2 Å². The molecule has 7 aliphatic carbocycles. The molecular formula is C46H46O2. The molecule has 242 valence electrons. The van der Waals surface area contributed by atoms with Crippen LogP contribution in [-0.4, -0.2) is 0 Å². The molecule has 8 atom stereocenters. The van der Waals surface area contributed by atoms with Crippen LogP contribution < -0.4 is 9.47 Å². The van der Waals surface area contributed by atoms with Crippen molar-refractivity contribution in [1.82, 2.24) is 0 Å². The van der Waals surface area contributed by atoms with Gasteiger partial charge in [0, 0.05) is 11.3 Å². The fourth-order valence-electron chi connectivity index (χ4n) is 11.7. The molecule has 2 heteroatoms. The fraction of sp³-hybridized carbons (Fsp3) is 0.391. The molecular weight excluding hydrogens is 585 g/mol. The first-order valence-corrected chi connectivity index (χ1v) is 18.5. The van der Waals surface area contributed by atoms with Gasteiger partial charge in [0.05, 0.1) is 0 Å². The number of para-hydroxylation sites is 1. The zero-order chi connectivity index (χ0) is 32.4. The molecule has 0 spiro atoms. The molecule has 0 amide bonds. The average molecular weight is 631 g/mol. The lowest BCUT2D eigenvalue weighted by molar-refractivity contribution is -0.0485. The van der Waals surface area contributed by atoms with Crippen LogP contribution >= 0.6 is 0 Å². The summed E-state index contributed by atoms with van der Waals surface area (Å²) in [6, 6.07) is 22.3. The standard InChI is InChI=1S/C46H46O2/c1-45(2)37-21-15-27-24-36-34-20-18-32(48-30-13-9-6-10-14-30)26-40(34)46(3,4)38-22-16-28-23-35(43(37)41(27)42(28)44(36)38)33-19-17-31(25-39(33)45)47-29-11-7-5-8-12-29/h5,7-9,11-22,25-27,33,35-37,39,41,43H,6,10,23-24H2,1-4H3. The molecule has 7 aliphatic rings. The van der Waals surface area contributed by atoms with E-state index < -0.39 is 0 Å². The normalized spacial score (nSPS) is 33.4. The van der Waals surface area contributed by atoms with Crippen molar-refractivity contribution in [1.29, 1.82) is 0 Å². The Morgan fingerprint density at radius 1 is 0.729 bits per heavy atom. The Labute approximate surface area is 286 Å². The van der Waals surface area contributed by atoms with E-state index >= 15 is 0 Å². The summed E-state index contributed by atoms with van der Waals surface area (Å²) in [7, 11) is 0. The van der Waals surface area contributed by atoms with Crippen molar-refractivity contribution >= 4 is 0 Å². The summed E-state index contributed by atoms with van der Waals surface area (Å²) in [5, 5.41) is 0. The molecule has 2 nitrogen and oxygen atoms in total. The second kappa shape index (κ2) is 10.2. The number of rotatable bonds is 4. The highest BCUT2D eigenvalue weighted by Crippen LogP contribution is 2.69. The van der Waals surface area contributed by atoms with Gasteiger partial charge in [0.1, 0.15) is 23.0 Å². The lowest BCUT2D eigenvalue weighted by Gasteiger charge is -2.63. The van der Waals surface area contributed by atoms with E-state index in [1.165, 1.54) is 24.0 Å². The third-order valence-electron chi connectivity index (χ3n) is 13.7. The summed E-state index contributed by atoms with van der Waals surface area (Å²) in [6.45, 7) is 10.00. The Morgan fingerprint density at radius 3 is 2.42 bits per heavy atom. The maximum atomic E-state index is 6.42. The first kappa shape index (κ1) is 28.9. The number of fused-ring (bicyclic) bond motifs is 4. The Balaban J connectivity index is 1.06. The summed E-state index contributed by atoms with van der Waals surface area (Å²) in [5.41, 5.74) is 9.61. The molecule has 3 aromatic rings. The second-order valence-electron chi connectivity index (χ2n) is 16.8. The van der Waals surface area contributed by atoms with E-state index in [1.807, 2.05) is 6.07 Å². The zero-order valence-corrected chi connectivity index (χ0v) is 28.7. The van der Waals surface area contributed by atoms with E-state index in [4.69, 9.17) is 9.47 Å². The van der Waals surface area contributed by atoms with Crippen LogP contribution in [0, 0.1) is 40.9 Å². The quantitative estimate of drug-likeness (QED) is 0.267. The van der Waals surface area contributed by atoms with Crippen molar-refractivity contribution < 1.29 is 9.47 Å². The van der Waals surface area contributed by atoms with Gasteiger partial charge in [-0.25, -0.2) is 0 Å². The molecule has 3 aromatic carbocycles. The molecule has 0 radical (unpaired) electrons. The molecule has 0 saturated heterocycles. The van der Waals surface area contributed by atoms with Gasteiger partial charge in [-0.2, -0.15) is 0 Å². The average Bonchev–Trinajstić information content (AvgIpc) is 3.10. The van der Waals surface area contributed by atoms with Gasteiger partial charge >= 0.3 is 0 Å². The largest absolute Gasteiger partial charge is 0.458 e. The van der Waals surface area contributed by atoms with Crippen LogP contribution in [0.4, 0.5) is 0 Å². The fourth-order valence-corrected chi connectivity index (χ4v) is 11.7. The number of benzene rings is 3. The SMILES string of the molecule is CC1(C)c2cc(OC3=CCCC=C3)ccc2C2CC3C=CC4C5C(Cc6ccc1c2c6C35)C1C=CC(Oc2ccccc2)=CC1C4(C)C. The topological polar surface area (TPSA) is 18.5 Å². The Hall–Kier alpha value is -4.04. The summed E-state index contributed by atoms with van der Waals surface area (Å²) in [6.07, 6.45) is 23.7. The van der Waals surface area contributed by atoms with Gasteiger partial charge in [0.15, 0.2) is 0 Å². The number of allylic oxidation sites excluding steroid dienone is 8. The molecule has 1 saturated carbocycles. The summed E-state index contributed by atoms with van der Waals surface area (Å²) in [5.74, 6) is 8.32. The first-order chi connectivity index (χ1) is 23.3. The van der Waals surface area contributed by atoms with Crippen molar-refractivity contribution in [3.05, 3.63) is 154 Å². The third kappa shape index (κ3) is 4.04. The van der Waals surface area contributed by atoms with Crippen LogP contribution in [0.25, 0.3) is 0 Å². The van der Waals surface area contributed by atoms with Crippen molar-refractivity contribution in [2.24, 2.45) is 40.9 Å². The van der Waals surface area contributed by atoms with Crippen LogP contribution in [0.15, 0.2) is 121 Å². The smallest absolute Gasteiger partial charge is 0.127 e. The van der Waals surface area contributed by atoms with E-state index in [0.717, 1.165) is 35.9 Å². The molecule has 0 heterocycles. The monoisotopic (exact) mass is 630 g/mol. The Bertz CT molecular complexity index is 1980. The van der Waals surface area contributed by atoms with Crippen LogP contribution in [0.2, 0.25) is 0 Å². The molecule has 0 aromatic heterocycles. The van der Waals surface area contributed by atoms with Crippen LogP contribution in [0.3, 0.4) is 0 Å². The minimum absolute atomic E-state index is 0.0804. The molecule has 0 bridgehead atoms. The van der Waals surface area contributed by atoms with Gasteiger partial charge in [-0.15, -0.1) is 0 Å². The summed E-state index contributed by atoms with van der Waals surface area (Å²) >= 11 is 0. The van der Waals surface area contributed by atoms with Gasteiger partial charge in [-0.05, 0) is 154 Å². The van der Waals surface area contributed by atoms with E-state index in [1.54, 1.807) is 22.3 Å². The van der Waals surface area contributed by atoms with E-state index in [2.05, 4.69) is 131 Å². The first-order valence-electron chi connectivity index (χ1n) is 18.5. The third-order valence-corrected chi connectivity index (χ3v) is 13.7. The molecule has 48 heavy (non-hydrogen) atoms. The van der Waals surface area contributed by atoms with Gasteiger partial charge in [-0.1, -0.05) is 88.4 Å². The minimum Gasteiger partial charge on any atom is -0.458 e. The molecule has 0 aliphatic heterocycles. The minimum atomic E-state index is -0.0804. The molecule has 10 rings (SSSR count). The predicted octanol–water partition coefficient (Wildman–Crippen LogP) is 11.0. The maximum absolute atomic E-state index is 6.42. The predicted molar refractivity (Wildman–Crippen MR) is 193 cm³/mol. The van der Waals surface area contributed by atoms with Crippen LogP contribution in [-0.2, 0) is 11.8 Å². The summed E-state index contributed by atoms with van der Waals surface area (Å²) < 4.78 is 12.8. The van der Waals surface area contributed by atoms with Crippen molar-refractivity contribution in [2.45, 2.75) is 70.6 Å². The highest BCUT2D eigenvalue weighted by Gasteiger charge is 2.61. The molecule has 0 N–H and O–H groups in total. The summed E-state index contributed by atoms with van der Waals surface area (Å²) in [4.78, 5) is 0. The number of hydrogen-bond donors (Lipinski definition) is 0. The van der Waals surface area contributed by atoms with E-state index in [-0.39, 0.29) is 10.8 Å². The van der Waals surface area contributed by atoms with Crippen LogP contribution in [0.5, 0.6) is 11.5 Å². The van der Waals surface area contributed by atoms with Gasteiger partial charge in [0.25, 0.3) is 0 Å². The lowest BCUT2D eigenvalue weighted by atomic mass is 9.41. The Kier molecular flexibility index (Phi) is 6.17.